The Kier molecular flexibility index (Phi) is 4.21. The minimum atomic E-state index is -0.195. The zero-order valence-electron chi connectivity index (χ0n) is 12.3. The predicted molar refractivity (Wildman–Crippen MR) is 84.0 cm³/mol. The molecule has 0 radical (unpaired) electrons. The van der Waals surface area contributed by atoms with E-state index in [0.29, 0.717) is 6.61 Å². The van der Waals surface area contributed by atoms with Gasteiger partial charge in [-0.1, -0.05) is 42.5 Å². The van der Waals surface area contributed by atoms with E-state index in [-0.39, 0.29) is 12.3 Å². The molecular weight excluding hydrogens is 278 g/mol. The van der Waals surface area contributed by atoms with Crippen LogP contribution in [0.5, 0.6) is 0 Å². The van der Waals surface area contributed by atoms with Gasteiger partial charge < -0.3 is 4.42 Å². The third-order valence-corrected chi connectivity index (χ3v) is 3.43. The molecule has 1 aromatic heterocycles. The van der Waals surface area contributed by atoms with Crippen LogP contribution in [0.1, 0.15) is 16.7 Å². The maximum absolute atomic E-state index is 11.9. The average Bonchev–Trinajstić information content (AvgIpc) is 2.90. The molecule has 0 spiro atoms. The molecule has 0 aliphatic carbocycles. The van der Waals surface area contributed by atoms with Crippen molar-refractivity contribution in [2.24, 2.45) is 0 Å². The highest BCUT2D eigenvalue weighted by Crippen LogP contribution is 2.22. The van der Waals surface area contributed by atoms with Crippen molar-refractivity contribution in [3.8, 4) is 0 Å². The molecule has 0 atom stereocenters. The van der Waals surface area contributed by atoms with Crippen molar-refractivity contribution in [2.75, 3.05) is 0 Å². The number of benzene rings is 2. The van der Waals surface area contributed by atoms with Gasteiger partial charge >= 0.3 is 0 Å². The Bertz CT molecular complexity index is 777. The fraction of sp³-hybridized carbons (Fsp3) is 0.167. The van der Waals surface area contributed by atoms with Gasteiger partial charge in [-0.3, -0.25) is 9.63 Å². The molecule has 1 heterocycles. The summed E-state index contributed by atoms with van der Waals surface area (Å²) in [6, 6.07) is 15.6. The molecule has 0 aliphatic rings. The van der Waals surface area contributed by atoms with Gasteiger partial charge in [0, 0.05) is 10.9 Å². The first kappa shape index (κ1) is 14.4. The molecule has 1 N–H and O–H groups in total. The number of fused-ring (bicyclic) bond motifs is 1. The van der Waals surface area contributed by atoms with E-state index in [9.17, 15) is 4.79 Å². The average molecular weight is 295 g/mol. The second-order valence-corrected chi connectivity index (χ2v) is 5.24. The van der Waals surface area contributed by atoms with Crippen LogP contribution >= 0.6 is 0 Å². The molecule has 0 unspecified atom stereocenters. The van der Waals surface area contributed by atoms with Gasteiger partial charge in [0.15, 0.2) is 0 Å². The van der Waals surface area contributed by atoms with Gasteiger partial charge in [0.2, 0.25) is 5.91 Å². The minimum absolute atomic E-state index is 0.195. The fourth-order valence-electron chi connectivity index (χ4n) is 2.31. The predicted octanol–water partition coefficient (Wildman–Crippen LogP) is 3.53. The van der Waals surface area contributed by atoms with E-state index in [1.807, 2.05) is 55.5 Å². The van der Waals surface area contributed by atoms with Gasteiger partial charge in [0.05, 0.1) is 19.3 Å². The Morgan fingerprint density at radius 3 is 2.82 bits per heavy atom. The highest BCUT2D eigenvalue weighted by atomic mass is 16.6. The number of nitrogens with one attached hydrogen (secondary N) is 1. The monoisotopic (exact) mass is 295 g/mol. The first-order valence-electron chi connectivity index (χ1n) is 7.13. The first-order chi connectivity index (χ1) is 10.7. The van der Waals surface area contributed by atoms with E-state index < -0.39 is 0 Å². The largest absolute Gasteiger partial charge is 0.464 e. The Balaban J connectivity index is 1.57. The van der Waals surface area contributed by atoms with Crippen molar-refractivity contribution in [1.82, 2.24) is 5.48 Å². The summed E-state index contributed by atoms with van der Waals surface area (Å²) in [5.74, 6) is -0.195. The van der Waals surface area contributed by atoms with E-state index in [1.54, 1.807) is 6.26 Å². The second kappa shape index (κ2) is 6.45. The molecule has 4 nitrogen and oxygen atoms in total. The standard InChI is InChI=1S/C18H17NO3/c1-13-7-8-16-15(12-21-17(16)9-13)10-18(20)19-22-11-14-5-3-2-4-6-14/h2-9,12H,10-11H2,1H3,(H,19,20). The van der Waals surface area contributed by atoms with Crippen molar-refractivity contribution < 1.29 is 14.0 Å². The number of furan rings is 1. The zero-order chi connectivity index (χ0) is 15.4. The summed E-state index contributed by atoms with van der Waals surface area (Å²) in [6.45, 7) is 2.35. The fourth-order valence-corrected chi connectivity index (χ4v) is 2.31. The van der Waals surface area contributed by atoms with Crippen molar-refractivity contribution in [1.29, 1.82) is 0 Å². The molecule has 1 amide bonds. The number of aryl methyl sites for hydroxylation is 1. The Morgan fingerprint density at radius 2 is 2.00 bits per heavy atom. The maximum atomic E-state index is 11.9. The summed E-state index contributed by atoms with van der Waals surface area (Å²) >= 11 is 0. The Morgan fingerprint density at radius 1 is 1.18 bits per heavy atom. The molecule has 0 fully saturated rings. The van der Waals surface area contributed by atoms with Gasteiger partial charge in [-0.05, 0) is 24.1 Å². The summed E-state index contributed by atoms with van der Waals surface area (Å²) in [5.41, 5.74) is 6.26. The number of hydrogen-bond acceptors (Lipinski definition) is 3. The van der Waals surface area contributed by atoms with E-state index in [2.05, 4.69) is 5.48 Å². The van der Waals surface area contributed by atoms with E-state index in [4.69, 9.17) is 9.25 Å². The van der Waals surface area contributed by atoms with Crippen LogP contribution in [0.3, 0.4) is 0 Å². The molecular formula is C18H17NO3. The van der Waals surface area contributed by atoms with Crippen LogP contribution in [0.15, 0.2) is 59.2 Å². The first-order valence-corrected chi connectivity index (χ1v) is 7.13. The van der Waals surface area contributed by atoms with Crippen LogP contribution < -0.4 is 5.48 Å². The quantitative estimate of drug-likeness (QED) is 0.733. The van der Waals surface area contributed by atoms with Crippen molar-refractivity contribution in [3.05, 3.63) is 71.5 Å². The molecule has 0 saturated heterocycles. The van der Waals surface area contributed by atoms with Crippen molar-refractivity contribution in [3.63, 3.8) is 0 Å². The lowest BCUT2D eigenvalue weighted by atomic mass is 10.1. The lowest BCUT2D eigenvalue weighted by molar-refractivity contribution is -0.133. The van der Waals surface area contributed by atoms with Crippen molar-refractivity contribution in [2.45, 2.75) is 20.0 Å². The number of carbonyl (C=O) groups is 1. The molecule has 3 rings (SSSR count). The lowest BCUT2D eigenvalue weighted by Gasteiger charge is -2.05. The molecule has 4 heteroatoms. The zero-order valence-corrected chi connectivity index (χ0v) is 12.3. The van der Waals surface area contributed by atoms with Gasteiger partial charge in [-0.25, -0.2) is 5.48 Å². The molecule has 0 aliphatic heterocycles. The highest BCUT2D eigenvalue weighted by Gasteiger charge is 2.10. The summed E-state index contributed by atoms with van der Waals surface area (Å²) in [4.78, 5) is 17.2. The maximum Gasteiger partial charge on any atom is 0.248 e. The summed E-state index contributed by atoms with van der Waals surface area (Å²) in [7, 11) is 0. The van der Waals surface area contributed by atoms with Crippen molar-refractivity contribution >= 4 is 16.9 Å². The Hall–Kier alpha value is -2.59. The number of hydrogen-bond donors (Lipinski definition) is 1. The normalized spacial score (nSPS) is 10.8. The highest BCUT2D eigenvalue weighted by molar-refractivity contribution is 5.87. The molecule has 0 saturated carbocycles. The van der Waals surface area contributed by atoms with Crippen LogP contribution in [-0.4, -0.2) is 5.91 Å². The van der Waals surface area contributed by atoms with Gasteiger partial charge in [-0.15, -0.1) is 0 Å². The summed E-state index contributed by atoms with van der Waals surface area (Å²) in [6.07, 6.45) is 1.85. The van der Waals surface area contributed by atoms with Crippen LogP contribution in [0.2, 0.25) is 0 Å². The molecule has 2 aromatic carbocycles. The topological polar surface area (TPSA) is 51.5 Å². The van der Waals surface area contributed by atoms with E-state index in [0.717, 1.165) is 27.7 Å². The molecule has 3 aromatic rings. The number of rotatable bonds is 5. The SMILES string of the molecule is Cc1ccc2c(CC(=O)NOCc3ccccc3)coc2c1. The van der Waals surface area contributed by atoms with Gasteiger partial charge in [-0.2, -0.15) is 0 Å². The second-order valence-electron chi connectivity index (χ2n) is 5.24. The molecule has 112 valence electrons. The summed E-state index contributed by atoms with van der Waals surface area (Å²) < 4.78 is 5.48. The Labute approximate surface area is 128 Å². The van der Waals surface area contributed by atoms with Gasteiger partial charge in [0.1, 0.15) is 5.58 Å². The summed E-state index contributed by atoms with van der Waals surface area (Å²) in [5, 5.41) is 0.962. The molecule has 0 bridgehead atoms. The van der Waals surface area contributed by atoms with Crippen LogP contribution in [0, 0.1) is 6.92 Å². The molecule has 22 heavy (non-hydrogen) atoms. The third kappa shape index (κ3) is 3.35. The van der Waals surface area contributed by atoms with Gasteiger partial charge in [0.25, 0.3) is 0 Å². The van der Waals surface area contributed by atoms with Crippen LogP contribution in [0.4, 0.5) is 0 Å². The minimum Gasteiger partial charge on any atom is -0.464 e. The van der Waals surface area contributed by atoms with Crippen LogP contribution in [-0.2, 0) is 22.7 Å². The lowest BCUT2D eigenvalue weighted by Crippen LogP contribution is -2.25. The smallest absolute Gasteiger partial charge is 0.248 e. The van der Waals surface area contributed by atoms with E-state index in [1.165, 1.54) is 0 Å². The van der Waals surface area contributed by atoms with Crippen LogP contribution in [0.25, 0.3) is 11.0 Å². The number of hydroxylamine groups is 1. The number of carbonyl (C=O) groups excluding carboxylic acids is 1. The number of amides is 1. The third-order valence-electron chi connectivity index (χ3n) is 3.43. The van der Waals surface area contributed by atoms with E-state index >= 15 is 0 Å².